The van der Waals surface area contributed by atoms with Gasteiger partial charge in [0.2, 0.25) is 0 Å². The number of nitrogens with zero attached hydrogens (tertiary/aromatic N) is 4. The van der Waals surface area contributed by atoms with Crippen molar-refractivity contribution in [3.63, 3.8) is 0 Å². The van der Waals surface area contributed by atoms with Crippen LogP contribution in [0.3, 0.4) is 0 Å². The fraction of sp³-hybridized carbons (Fsp3) is 0.833. The van der Waals surface area contributed by atoms with Crippen LogP contribution in [0.2, 0.25) is 0 Å². The maximum Gasteiger partial charge on any atom is 0.191 e. The molecule has 0 atom stereocenters. The van der Waals surface area contributed by atoms with Gasteiger partial charge in [0, 0.05) is 20.1 Å². The standard InChI is InChI=1S/C18H34N6S.HI/c1-15-22-23-17(24(15)2)14-21-18(20-12-7-13-25-3)19-11-6-10-16-8-4-5-9-16;/h16H,4-14H2,1-3H3,(H2,19,20,21);1H. The Morgan fingerprint density at radius 1 is 1.19 bits per heavy atom. The van der Waals surface area contributed by atoms with E-state index in [1.54, 1.807) is 0 Å². The van der Waals surface area contributed by atoms with Crippen molar-refractivity contribution in [3.05, 3.63) is 11.6 Å². The Kier molecular flexibility index (Phi) is 12.3. The highest BCUT2D eigenvalue weighted by atomic mass is 127. The summed E-state index contributed by atoms with van der Waals surface area (Å²) in [6, 6.07) is 0. The molecular formula is C18H35IN6S. The lowest BCUT2D eigenvalue weighted by atomic mass is 10.0. The molecule has 1 aliphatic carbocycles. The molecule has 0 amide bonds. The molecule has 8 heteroatoms. The zero-order valence-electron chi connectivity index (χ0n) is 16.5. The molecule has 0 spiro atoms. The summed E-state index contributed by atoms with van der Waals surface area (Å²) in [6.07, 6.45) is 11.6. The molecule has 0 radical (unpaired) electrons. The molecule has 0 aliphatic heterocycles. The highest BCUT2D eigenvalue weighted by Crippen LogP contribution is 2.28. The number of nitrogens with one attached hydrogen (secondary N) is 2. The van der Waals surface area contributed by atoms with Crippen LogP contribution in [0.1, 0.15) is 56.6 Å². The number of hydrogen-bond donors (Lipinski definition) is 2. The molecule has 0 aromatic carbocycles. The monoisotopic (exact) mass is 494 g/mol. The molecule has 1 heterocycles. The molecule has 2 rings (SSSR count). The molecule has 0 bridgehead atoms. The number of rotatable bonds is 10. The van der Waals surface area contributed by atoms with E-state index in [2.05, 4.69) is 27.1 Å². The molecule has 2 N–H and O–H groups in total. The maximum atomic E-state index is 4.70. The molecule has 1 aromatic rings. The molecule has 6 nitrogen and oxygen atoms in total. The second-order valence-electron chi connectivity index (χ2n) is 6.88. The third-order valence-corrected chi connectivity index (χ3v) is 5.63. The Labute approximate surface area is 179 Å². The Bertz CT molecular complexity index is 528. The summed E-state index contributed by atoms with van der Waals surface area (Å²) in [6.45, 7) is 4.46. The first kappa shape index (κ1) is 23.5. The molecular weight excluding hydrogens is 459 g/mol. The van der Waals surface area contributed by atoms with E-state index in [1.807, 2.05) is 30.3 Å². The smallest absolute Gasteiger partial charge is 0.191 e. The normalized spacial score (nSPS) is 15.1. The number of hydrogen-bond acceptors (Lipinski definition) is 4. The summed E-state index contributed by atoms with van der Waals surface area (Å²) >= 11 is 1.88. The van der Waals surface area contributed by atoms with Crippen molar-refractivity contribution in [3.8, 4) is 0 Å². The SMILES string of the molecule is CSCCCNC(=NCc1nnc(C)n1C)NCCCC1CCCC1.I. The molecule has 1 fully saturated rings. The zero-order chi connectivity index (χ0) is 17.9. The maximum absolute atomic E-state index is 4.70. The number of aliphatic imine (C=N–C) groups is 1. The lowest BCUT2D eigenvalue weighted by Gasteiger charge is -2.14. The van der Waals surface area contributed by atoms with E-state index in [1.165, 1.54) is 44.3 Å². The summed E-state index contributed by atoms with van der Waals surface area (Å²) < 4.78 is 1.99. The van der Waals surface area contributed by atoms with Crippen molar-refractivity contribution < 1.29 is 0 Å². The largest absolute Gasteiger partial charge is 0.356 e. The summed E-state index contributed by atoms with van der Waals surface area (Å²) in [5, 5.41) is 15.2. The first-order valence-electron chi connectivity index (χ1n) is 9.56. The van der Waals surface area contributed by atoms with Crippen molar-refractivity contribution in [1.82, 2.24) is 25.4 Å². The van der Waals surface area contributed by atoms with Crippen LogP contribution in [0.25, 0.3) is 0 Å². The highest BCUT2D eigenvalue weighted by molar-refractivity contribution is 14.0. The molecule has 0 unspecified atom stereocenters. The van der Waals surface area contributed by atoms with Gasteiger partial charge in [-0.15, -0.1) is 34.2 Å². The Morgan fingerprint density at radius 3 is 2.50 bits per heavy atom. The van der Waals surface area contributed by atoms with Crippen LogP contribution in [-0.2, 0) is 13.6 Å². The topological polar surface area (TPSA) is 67.1 Å². The molecule has 150 valence electrons. The average molecular weight is 494 g/mol. The van der Waals surface area contributed by atoms with Crippen LogP contribution >= 0.6 is 35.7 Å². The lowest BCUT2D eigenvalue weighted by Crippen LogP contribution is -2.38. The van der Waals surface area contributed by atoms with Gasteiger partial charge in [0.1, 0.15) is 12.4 Å². The van der Waals surface area contributed by atoms with E-state index in [0.29, 0.717) is 6.54 Å². The number of aryl methyl sites for hydroxylation is 1. The quantitative estimate of drug-likeness (QED) is 0.226. The highest BCUT2D eigenvalue weighted by Gasteiger charge is 2.14. The van der Waals surface area contributed by atoms with Crippen molar-refractivity contribution in [2.24, 2.45) is 18.0 Å². The Morgan fingerprint density at radius 2 is 1.88 bits per heavy atom. The minimum Gasteiger partial charge on any atom is -0.356 e. The lowest BCUT2D eigenvalue weighted by molar-refractivity contribution is 0.481. The van der Waals surface area contributed by atoms with E-state index < -0.39 is 0 Å². The van der Waals surface area contributed by atoms with Crippen LogP contribution in [0.15, 0.2) is 4.99 Å². The predicted octanol–water partition coefficient (Wildman–Crippen LogP) is 3.50. The predicted molar refractivity (Wildman–Crippen MR) is 122 cm³/mol. The summed E-state index contributed by atoms with van der Waals surface area (Å²) in [5.74, 6) is 4.84. The van der Waals surface area contributed by atoms with E-state index >= 15 is 0 Å². The van der Waals surface area contributed by atoms with Gasteiger partial charge in [0.05, 0.1) is 0 Å². The van der Waals surface area contributed by atoms with Crippen LogP contribution in [-0.4, -0.2) is 45.8 Å². The van der Waals surface area contributed by atoms with Gasteiger partial charge in [0.25, 0.3) is 0 Å². The van der Waals surface area contributed by atoms with Gasteiger partial charge in [-0.25, -0.2) is 4.99 Å². The van der Waals surface area contributed by atoms with Gasteiger partial charge < -0.3 is 15.2 Å². The molecule has 1 aromatic heterocycles. The van der Waals surface area contributed by atoms with Gasteiger partial charge in [-0.05, 0) is 44.1 Å². The fourth-order valence-corrected chi connectivity index (χ4v) is 3.67. The second-order valence-corrected chi connectivity index (χ2v) is 7.87. The van der Waals surface area contributed by atoms with Crippen molar-refractivity contribution in [2.45, 2.75) is 58.4 Å². The van der Waals surface area contributed by atoms with Crippen LogP contribution in [0.5, 0.6) is 0 Å². The van der Waals surface area contributed by atoms with E-state index in [4.69, 9.17) is 4.99 Å². The minimum absolute atomic E-state index is 0. The Balaban J connectivity index is 0.00000338. The van der Waals surface area contributed by atoms with Gasteiger partial charge in [-0.2, -0.15) is 11.8 Å². The molecule has 0 saturated heterocycles. The van der Waals surface area contributed by atoms with Gasteiger partial charge in [-0.1, -0.05) is 25.7 Å². The van der Waals surface area contributed by atoms with Crippen molar-refractivity contribution in [1.29, 1.82) is 0 Å². The van der Waals surface area contributed by atoms with Crippen LogP contribution in [0, 0.1) is 12.8 Å². The third-order valence-electron chi connectivity index (χ3n) is 4.94. The van der Waals surface area contributed by atoms with Crippen molar-refractivity contribution >= 4 is 41.7 Å². The summed E-state index contributed by atoms with van der Waals surface area (Å²) in [7, 11) is 1.99. The van der Waals surface area contributed by atoms with Crippen molar-refractivity contribution in [2.75, 3.05) is 25.1 Å². The van der Waals surface area contributed by atoms with Gasteiger partial charge >= 0.3 is 0 Å². The number of aromatic nitrogens is 3. The first-order valence-corrected chi connectivity index (χ1v) is 11.0. The molecule has 26 heavy (non-hydrogen) atoms. The number of guanidine groups is 1. The summed E-state index contributed by atoms with van der Waals surface area (Å²) in [5.41, 5.74) is 0. The number of thioether (sulfide) groups is 1. The minimum atomic E-state index is 0. The first-order chi connectivity index (χ1) is 12.2. The van der Waals surface area contributed by atoms with Crippen LogP contribution in [0.4, 0.5) is 0 Å². The van der Waals surface area contributed by atoms with Gasteiger partial charge in [-0.3, -0.25) is 0 Å². The Hall–Kier alpha value is -0.510. The zero-order valence-corrected chi connectivity index (χ0v) is 19.6. The van der Waals surface area contributed by atoms with Gasteiger partial charge in [0.15, 0.2) is 11.8 Å². The third kappa shape index (κ3) is 8.45. The summed E-state index contributed by atoms with van der Waals surface area (Å²) in [4.78, 5) is 4.70. The second kappa shape index (κ2) is 13.6. The molecule has 1 aliphatic rings. The number of halogens is 1. The van der Waals surface area contributed by atoms with E-state index in [-0.39, 0.29) is 24.0 Å². The average Bonchev–Trinajstić information content (AvgIpc) is 3.24. The van der Waals surface area contributed by atoms with E-state index in [9.17, 15) is 0 Å². The van der Waals surface area contributed by atoms with E-state index in [0.717, 1.165) is 43.0 Å². The molecule has 1 saturated carbocycles. The van der Waals surface area contributed by atoms with Crippen LogP contribution < -0.4 is 10.6 Å². The fourth-order valence-electron chi connectivity index (χ4n) is 3.23.